The van der Waals surface area contributed by atoms with Gasteiger partial charge in [-0.2, -0.15) is 0 Å². The van der Waals surface area contributed by atoms with Gasteiger partial charge in [-0.25, -0.2) is 4.39 Å². The monoisotopic (exact) mass is 239 g/mol. The van der Waals surface area contributed by atoms with Gasteiger partial charge in [-0.05, 0) is 30.7 Å². The second kappa shape index (κ2) is 4.92. The molecule has 1 unspecified atom stereocenters. The first-order chi connectivity index (χ1) is 8.17. The number of methoxy groups -OCH3 is 2. The average molecular weight is 239 g/mol. The smallest absolute Gasteiger partial charge is 0.160 e. The van der Waals surface area contributed by atoms with Crippen molar-refractivity contribution in [2.75, 3.05) is 27.3 Å². The first-order valence-corrected chi connectivity index (χ1v) is 5.77. The van der Waals surface area contributed by atoms with Gasteiger partial charge >= 0.3 is 0 Å². The number of ether oxygens (including phenoxy) is 2. The summed E-state index contributed by atoms with van der Waals surface area (Å²) >= 11 is 0. The highest BCUT2D eigenvalue weighted by molar-refractivity contribution is 5.43. The Bertz CT molecular complexity index is 389. The molecule has 4 heteroatoms. The van der Waals surface area contributed by atoms with Crippen molar-refractivity contribution in [1.82, 2.24) is 5.32 Å². The number of alkyl halides is 1. The van der Waals surface area contributed by atoms with Crippen LogP contribution in [0.15, 0.2) is 18.2 Å². The van der Waals surface area contributed by atoms with Crippen molar-refractivity contribution < 1.29 is 13.9 Å². The minimum atomic E-state index is -1.13. The van der Waals surface area contributed by atoms with E-state index in [0.717, 1.165) is 12.1 Å². The Morgan fingerprint density at radius 3 is 2.65 bits per heavy atom. The molecule has 0 aromatic heterocycles. The molecule has 1 aliphatic heterocycles. The number of hydrogen-bond acceptors (Lipinski definition) is 3. The zero-order valence-corrected chi connectivity index (χ0v) is 10.3. The summed E-state index contributed by atoms with van der Waals surface area (Å²) in [6, 6.07) is 5.55. The topological polar surface area (TPSA) is 30.5 Å². The number of hydrogen-bond donors (Lipinski definition) is 1. The summed E-state index contributed by atoms with van der Waals surface area (Å²) in [6.45, 7) is 1.19. The van der Waals surface area contributed by atoms with Crippen LogP contribution in [0.25, 0.3) is 0 Å². The first kappa shape index (κ1) is 12.2. The van der Waals surface area contributed by atoms with Crippen LogP contribution in [-0.4, -0.2) is 33.0 Å². The van der Waals surface area contributed by atoms with Gasteiger partial charge in [0.1, 0.15) is 5.67 Å². The summed E-state index contributed by atoms with van der Waals surface area (Å²) in [5.74, 6) is 1.33. The molecule has 0 radical (unpaired) electrons. The van der Waals surface area contributed by atoms with E-state index in [0.29, 0.717) is 30.9 Å². The molecular weight excluding hydrogens is 221 g/mol. The SMILES string of the molecule is COc1ccc(CC2(F)CCNC2)cc1OC. The molecule has 17 heavy (non-hydrogen) atoms. The van der Waals surface area contributed by atoms with Crippen LogP contribution >= 0.6 is 0 Å². The van der Waals surface area contributed by atoms with Crippen molar-refractivity contribution in [3.05, 3.63) is 23.8 Å². The Labute approximate surface area is 101 Å². The van der Waals surface area contributed by atoms with E-state index in [1.807, 2.05) is 18.2 Å². The highest BCUT2D eigenvalue weighted by atomic mass is 19.1. The van der Waals surface area contributed by atoms with Gasteiger partial charge in [-0.1, -0.05) is 6.07 Å². The summed E-state index contributed by atoms with van der Waals surface area (Å²) in [5.41, 5.74) is -0.187. The maximum atomic E-state index is 14.3. The fourth-order valence-corrected chi connectivity index (χ4v) is 2.22. The Morgan fingerprint density at radius 2 is 2.06 bits per heavy atom. The van der Waals surface area contributed by atoms with Crippen LogP contribution in [0.3, 0.4) is 0 Å². The first-order valence-electron chi connectivity index (χ1n) is 5.77. The largest absolute Gasteiger partial charge is 0.493 e. The van der Waals surface area contributed by atoms with E-state index < -0.39 is 5.67 Å². The molecule has 1 aromatic rings. The maximum absolute atomic E-state index is 14.3. The van der Waals surface area contributed by atoms with Crippen molar-refractivity contribution in [1.29, 1.82) is 0 Å². The predicted octanol–water partition coefficient (Wildman–Crippen LogP) is 1.95. The molecule has 0 saturated carbocycles. The Hall–Kier alpha value is -1.29. The minimum absolute atomic E-state index is 0.417. The normalized spacial score (nSPS) is 23.7. The molecule has 1 fully saturated rings. The van der Waals surface area contributed by atoms with Crippen molar-refractivity contribution >= 4 is 0 Å². The molecule has 1 heterocycles. The Morgan fingerprint density at radius 1 is 1.29 bits per heavy atom. The summed E-state index contributed by atoms with van der Waals surface area (Å²) in [4.78, 5) is 0. The molecule has 1 atom stereocenters. The number of rotatable bonds is 4. The van der Waals surface area contributed by atoms with Gasteiger partial charge in [0.15, 0.2) is 11.5 Å². The molecule has 1 aromatic carbocycles. The van der Waals surface area contributed by atoms with Crippen LogP contribution in [0.4, 0.5) is 4.39 Å². The maximum Gasteiger partial charge on any atom is 0.160 e. The van der Waals surface area contributed by atoms with E-state index in [4.69, 9.17) is 9.47 Å². The number of nitrogens with one attached hydrogen (secondary N) is 1. The second-order valence-corrected chi connectivity index (χ2v) is 4.44. The van der Waals surface area contributed by atoms with Crippen LogP contribution in [0.2, 0.25) is 0 Å². The van der Waals surface area contributed by atoms with E-state index in [-0.39, 0.29) is 0 Å². The van der Waals surface area contributed by atoms with Gasteiger partial charge in [-0.3, -0.25) is 0 Å². The van der Waals surface area contributed by atoms with Gasteiger partial charge < -0.3 is 14.8 Å². The van der Waals surface area contributed by atoms with Gasteiger partial charge in [0.2, 0.25) is 0 Å². The molecule has 1 saturated heterocycles. The van der Waals surface area contributed by atoms with E-state index in [2.05, 4.69) is 5.32 Å². The summed E-state index contributed by atoms with van der Waals surface area (Å²) in [6.07, 6.45) is 0.988. The van der Waals surface area contributed by atoms with Crippen molar-refractivity contribution in [3.63, 3.8) is 0 Å². The highest BCUT2D eigenvalue weighted by Gasteiger charge is 2.33. The lowest BCUT2D eigenvalue weighted by atomic mass is 9.95. The molecule has 1 N–H and O–H groups in total. The zero-order valence-electron chi connectivity index (χ0n) is 10.3. The van der Waals surface area contributed by atoms with Crippen LogP contribution in [-0.2, 0) is 6.42 Å². The van der Waals surface area contributed by atoms with Crippen LogP contribution in [0.5, 0.6) is 11.5 Å². The van der Waals surface area contributed by atoms with Crippen LogP contribution in [0, 0.1) is 0 Å². The molecule has 0 bridgehead atoms. The third kappa shape index (κ3) is 2.69. The summed E-state index contributed by atoms with van der Waals surface area (Å²) < 4.78 is 24.6. The lowest BCUT2D eigenvalue weighted by Gasteiger charge is -2.18. The van der Waals surface area contributed by atoms with Crippen molar-refractivity contribution in [2.45, 2.75) is 18.5 Å². The zero-order chi connectivity index (χ0) is 12.3. The highest BCUT2D eigenvalue weighted by Crippen LogP contribution is 2.31. The van der Waals surface area contributed by atoms with Crippen LogP contribution < -0.4 is 14.8 Å². The molecular formula is C13H18FNO2. The Balaban J connectivity index is 2.16. The molecule has 0 amide bonds. The lowest BCUT2D eigenvalue weighted by molar-refractivity contribution is 0.190. The van der Waals surface area contributed by atoms with E-state index in [9.17, 15) is 4.39 Å². The quantitative estimate of drug-likeness (QED) is 0.871. The average Bonchev–Trinajstić information content (AvgIpc) is 2.75. The number of halogens is 1. The second-order valence-electron chi connectivity index (χ2n) is 4.44. The van der Waals surface area contributed by atoms with E-state index >= 15 is 0 Å². The van der Waals surface area contributed by atoms with E-state index in [1.54, 1.807) is 14.2 Å². The summed E-state index contributed by atoms with van der Waals surface area (Å²) in [5, 5.41) is 3.05. The molecule has 1 aliphatic rings. The summed E-state index contributed by atoms with van der Waals surface area (Å²) in [7, 11) is 3.18. The minimum Gasteiger partial charge on any atom is -0.493 e. The van der Waals surface area contributed by atoms with Gasteiger partial charge in [0.05, 0.1) is 14.2 Å². The van der Waals surface area contributed by atoms with Gasteiger partial charge in [0, 0.05) is 13.0 Å². The number of benzene rings is 1. The Kier molecular flexibility index (Phi) is 3.52. The van der Waals surface area contributed by atoms with Crippen molar-refractivity contribution in [3.8, 4) is 11.5 Å². The third-order valence-electron chi connectivity index (χ3n) is 3.16. The predicted molar refractivity (Wildman–Crippen MR) is 64.6 cm³/mol. The molecule has 0 spiro atoms. The third-order valence-corrected chi connectivity index (χ3v) is 3.16. The molecule has 2 rings (SSSR count). The fraction of sp³-hybridized carbons (Fsp3) is 0.538. The standard InChI is InChI=1S/C13H18FNO2/c1-16-11-4-3-10(7-12(11)17-2)8-13(14)5-6-15-9-13/h3-4,7,15H,5-6,8-9H2,1-2H3. The van der Waals surface area contributed by atoms with Crippen LogP contribution in [0.1, 0.15) is 12.0 Å². The fourth-order valence-electron chi connectivity index (χ4n) is 2.22. The lowest BCUT2D eigenvalue weighted by Crippen LogP contribution is -2.28. The molecule has 3 nitrogen and oxygen atoms in total. The van der Waals surface area contributed by atoms with E-state index in [1.165, 1.54) is 0 Å². The molecule has 0 aliphatic carbocycles. The van der Waals surface area contributed by atoms with Crippen molar-refractivity contribution in [2.24, 2.45) is 0 Å². The van der Waals surface area contributed by atoms with Gasteiger partial charge in [0.25, 0.3) is 0 Å². The van der Waals surface area contributed by atoms with Gasteiger partial charge in [-0.15, -0.1) is 0 Å². The molecule has 94 valence electrons.